The second kappa shape index (κ2) is 6.94. The predicted octanol–water partition coefficient (Wildman–Crippen LogP) is 3.34. The summed E-state index contributed by atoms with van der Waals surface area (Å²) in [4.78, 5) is 17.1. The Labute approximate surface area is 161 Å². The molecule has 4 rings (SSSR count). The van der Waals surface area contributed by atoms with Crippen molar-refractivity contribution in [2.24, 2.45) is 0 Å². The molecule has 0 aliphatic heterocycles. The summed E-state index contributed by atoms with van der Waals surface area (Å²) in [5.41, 5.74) is 9.41. The number of amides is 1. The third-order valence-corrected chi connectivity index (χ3v) is 6.74. The first-order valence-electron chi connectivity index (χ1n) is 8.69. The van der Waals surface area contributed by atoms with Gasteiger partial charge in [0.25, 0.3) is 5.91 Å². The molecule has 0 atom stereocenters. The molecule has 1 heterocycles. The van der Waals surface area contributed by atoms with Gasteiger partial charge in [0.1, 0.15) is 0 Å². The van der Waals surface area contributed by atoms with E-state index in [9.17, 15) is 13.2 Å². The van der Waals surface area contributed by atoms with Gasteiger partial charge in [-0.1, -0.05) is 23.5 Å². The summed E-state index contributed by atoms with van der Waals surface area (Å²) in [6, 6.07) is 10.2. The van der Waals surface area contributed by atoms with Crippen LogP contribution in [0.2, 0.25) is 0 Å². The van der Waals surface area contributed by atoms with Crippen LogP contribution >= 0.6 is 11.3 Å². The summed E-state index contributed by atoms with van der Waals surface area (Å²) >= 11 is 1.48. The molecular weight excluding hydrogens is 382 g/mol. The molecule has 2 aromatic carbocycles. The van der Waals surface area contributed by atoms with Gasteiger partial charge in [0.15, 0.2) is 9.84 Å². The smallest absolute Gasteiger partial charge is 0.269 e. The third-order valence-electron chi connectivity index (χ3n) is 4.69. The van der Waals surface area contributed by atoms with Gasteiger partial charge in [-0.15, -0.1) is 0 Å². The van der Waals surface area contributed by atoms with Crippen molar-refractivity contribution in [3.05, 3.63) is 53.1 Å². The Bertz CT molecular complexity index is 1140. The minimum atomic E-state index is -3.36. The highest BCUT2D eigenvalue weighted by Crippen LogP contribution is 2.33. The molecule has 0 saturated heterocycles. The summed E-state index contributed by atoms with van der Waals surface area (Å²) in [6.07, 6.45) is 5.65. The third kappa shape index (κ3) is 3.68. The van der Waals surface area contributed by atoms with E-state index in [2.05, 4.69) is 28.0 Å². The van der Waals surface area contributed by atoms with Crippen molar-refractivity contribution in [3.63, 3.8) is 0 Å². The number of carbonyl (C=O) groups is 1. The number of nitrogens with one attached hydrogen (secondary N) is 2. The molecule has 0 unspecified atom stereocenters. The van der Waals surface area contributed by atoms with Gasteiger partial charge >= 0.3 is 0 Å². The topological polar surface area (TPSA) is 88.2 Å². The van der Waals surface area contributed by atoms with E-state index in [4.69, 9.17) is 0 Å². The van der Waals surface area contributed by atoms with Crippen LogP contribution in [0.25, 0.3) is 10.2 Å². The number of sulfone groups is 1. The van der Waals surface area contributed by atoms with Crippen LogP contribution in [0.1, 0.15) is 34.3 Å². The number of hydrogen-bond acceptors (Lipinski definition) is 6. The summed E-state index contributed by atoms with van der Waals surface area (Å²) in [5.74, 6) is -0.415. The van der Waals surface area contributed by atoms with Gasteiger partial charge < -0.3 is 0 Å². The number of aryl methyl sites for hydroxylation is 2. The summed E-state index contributed by atoms with van der Waals surface area (Å²) < 4.78 is 24.4. The number of nitrogens with zero attached hydrogens (tertiary/aromatic N) is 1. The van der Waals surface area contributed by atoms with Crippen LogP contribution in [0.5, 0.6) is 0 Å². The molecule has 140 valence electrons. The van der Waals surface area contributed by atoms with Gasteiger partial charge in [0.05, 0.1) is 15.1 Å². The average molecular weight is 402 g/mol. The molecule has 0 fully saturated rings. The van der Waals surface area contributed by atoms with Gasteiger partial charge in [-0.25, -0.2) is 13.4 Å². The Morgan fingerprint density at radius 3 is 2.78 bits per heavy atom. The zero-order chi connectivity index (χ0) is 19.0. The minimum absolute atomic E-state index is 0.113. The van der Waals surface area contributed by atoms with E-state index in [0.29, 0.717) is 5.13 Å². The maximum absolute atomic E-state index is 12.4. The molecule has 1 amide bonds. The molecule has 1 aliphatic carbocycles. The second-order valence-electron chi connectivity index (χ2n) is 6.66. The first-order chi connectivity index (χ1) is 12.9. The number of carbonyl (C=O) groups excluding carboxylic acids is 1. The highest BCUT2D eigenvalue weighted by Gasteiger charge is 2.16. The highest BCUT2D eigenvalue weighted by molar-refractivity contribution is 7.90. The maximum atomic E-state index is 12.4. The highest BCUT2D eigenvalue weighted by atomic mass is 32.2. The van der Waals surface area contributed by atoms with E-state index in [1.165, 1.54) is 47.4 Å². The maximum Gasteiger partial charge on any atom is 0.269 e. The lowest BCUT2D eigenvalue weighted by molar-refractivity contribution is 0.0962. The first kappa shape index (κ1) is 17.9. The number of hydrogen-bond donors (Lipinski definition) is 2. The van der Waals surface area contributed by atoms with E-state index in [-0.39, 0.29) is 10.5 Å². The molecule has 0 saturated carbocycles. The fourth-order valence-electron chi connectivity index (χ4n) is 3.32. The zero-order valence-electron chi connectivity index (χ0n) is 14.8. The summed E-state index contributed by atoms with van der Waals surface area (Å²) in [5, 5.41) is 0.608. The molecule has 27 heavy (non-hydrogen) atoms. The van der Waals surface area contributed by atoms with E-state index in [0.717, 1.165) is 29.3 Å². The van der Waals surface area contributed by atoms with Gasteiger partial charge in [0.2, 0.25) is 5.13 Å². The van der Waals surface area contributed by atoms with E-state index in [1.807, 2.05) is 0 Å². The lowest BCUT2D eigenvalue weighted by Gasteiger charge is -2.15. The van der Waals surface area contributed by atoms with Crippen LogP contribution in [0.3, 0.4) is 0 Å². The first-order valence-corrected chi connectivity index (χ1v) is 11.4. The SMILES string of the molecule is CS(=O)(=O)c1cccc(C(=O)NNc2nc3c4c(ccc3s2)CCCC4)c1. The van der Waals surface area contributed by atoms with Crippen LogP contribution in [0.15, 0.2) is 41.3 Å². The zero-order valence-corrected chi connectivity index (χ0v) is 16.4. The van der Waals surface area contributed by atoms with Crippen LogP contribution in [-0.2, 0) is 22.7 Å². The Morgan fingerprint density at radius 1 is 1.15 bits per heavy atom. The molecule has 8 heteroatoms. The molecule has 0 bridgehead atoms. The molecule has 3 aromatic rings. The standard InChI is InChI=1S/C19H19N3O3S2/c1-27(24,25)14-7-4-6-13(11-14)18(23)21-22-19-20-17-15-8-3-2-5-12(15)9-10-16(17)26-19/h4,6-7,9-11H,2-3,5,8H2,1H3,(H,20,22)(H,21,23). The van der Waals surface area contributed by atoms with Crippen molar-refractivity contribution in [2.45, 2.75) is 30.6 Å². The molecule has 6 nitrogen and oxygen atoms in total. The van der Waals surface area contributed by atoms with E-state index < -0.39 is 15.7 Å². The molecule has 0 spiro atoms. The van der Waals surface area contributed by atoms with Gasteiger partial charge in [0, 0.05) is 11.8 Å². The van der Waals surface area contributed by atoms with Crippen molar-refractivity contribution in [1.29, 1.82) is 0 Å². The number of thiazole rings is 1. The van der Waals surface area contributed by atoms with Crippen molar-refractivity contribution in [1.82, 2.24) is 10.4 Å². The molecule has 2 N–H and O–H groups in total. The Morgan fingerprint density at radius 2 is 1.96 bits per heavy atom. The predicted molar refractivity (Wildman–Crippen MR) is 107 cm³/mol. The fourth-order valence-corrected chi connectivity index (χ4v) is 4.84. The van der Waals surface area contributed by atoms with Gasteiger partial charge in [-0.2, -0.15) is 0 Å². The number of benzene rings is 2. The Balaban J connectivity index is 1.53. The van der Waals surface area contributed by atoms with Crippen molar-refractivity contribution in [2.75, 3.05) is 11.7 Å². The lowest BCUT2D eigenvalue weighted by Crippen LogP contribution is -2.29. The van der Waals surface area contributed by atoms with Crippen molar-refractivity contribution in [3.8, 4) is 0 Å². The number of hydrazine groups is 1. The van der Waals surface area contributed by atoms with Crippen molar-refractivity contribution < 1.29 is 13.2 Å². The average Bonchev–Trinajstić information content (AvgIpc) is 3.09. The normalized spacial score (nSPS) is 14.0. The molecule has 1 aliphatic rings. The Kier molecular flexibility index (Phi) is 4.61. The summed E-state index contributed by atoms with van der Waals surface area (Å²) in [6.45, 7) is 0. The molecule has 0 radical (unpaired) electrons. The Hall–Kier alpha value is -2.45. The van der Waals surface area contributed by atoms with Crippen LogP contribution in [0.4, 0.5) is 5.13 Å². The van der Waals surface area contributed by atoms with Gasteiger partial charge in [-0.05, 0) is 61.1 Å². The number of fused-ring (bicyclic) bond motifs is 3. The second-order valence-corrected chi connectivity index (χ2v) is 9.70. The van der Waals surface area contributed by atoms with E-state index >= 15 is 0 Å². The quantitative estimate of drug-likeness (QED) is 0.655. The minimum Gasteiger partial charge on any atom is -0.273 e. The number of anilines is 1. The molecular formula is C19H19N3O3S2. The van der Waals surface area contributed by atoms with Crippen molar-refractivity contribution >= 4 is 42.4 Å². The van der Waals surface area contributed by atoms with Crippen LogP contribution in [-0.4, -0.2) is 25.6 Å². The summed E-state index contributed by atoms with van der Waals surface area (Å²) in [7, 11) is -3.36. The number of rotatable bonds is 4. The van der Waals surface area contributed by atoms with Crippen LogP contribution < -0.4 is 10.9 Å². The van der Waals surface area contributed by atoms with E-state index in [1.54, 1.807) is 12.1 Å². The molecule has 1 aromatic heterocycles. The number of aromatic nitrogens is 1. The van der Waals surface area contributed by atoms with Crippen LogP contribution in [0, 0.1) is 0 Å². The van der Waals surface area contributed by atoms with Gasteiger partial charge in [-0.3, -0.25) is 15.6 Å². The monoisotopic (exact) mass is 401 g/mol. The lowest BCUT2D eigenvalue weighted by atomic mass is 9.91. The fraction of sp³-hybridized carbons (Fsp3) is 0.263. The largest absolute Gasteiger partial charge is 0.273 e.